The Hall–Kier alpha value is -2.24. The molecule has 2 aromatic carbocycles. The number of halogens is 1. The summed E-state index contributed by atoms with van der Waals surface area (Å²) in [6.07, 6.45) is 0.680. The third kappa shape index (κ3) is 4.93. The van der Waals surface area contributed by atoms with E-state index in [1.165, 1.54) is 0 Å². The molecule has 27 heavy (non-hydrogen) atoms. The van der Waals surface area contributed by atoms with Crippen molar-refractivity contribution >= 4 is 17.5 Å². The summed E-state index contributed by atoms with van der Waals surface area (Å²) in [5.74, 6) is 1.43. The van der Waals surface area contributed by atoms with Gasteiger partial charge in [-0.3, -0.25) is 4.79 Å². The predicted molar refractivity (Wildman–Crippen MR) is 106 cm³/mol. The van der Waals surface area contributed by atoms with E-state index in [1.54, 1.807) is 0 Å². The van der Waals surface area contributed by atoms with Crippen molar-refractivity contribution in [1.82, 2.24) is 10.2 Å². The van der Waals surface area contributed by atoms with Crippen molar-refractivity contribution in [3.05, 3.63) is 58.6 Å². The summed E-state index contributed by atoms with van der Waals surface area (Å²) < 4.78 is 10.8. The first-order valence-corrected chi connectivity index (χ1v) is 9.40. The van der Waals surface area contributed by atoms with E-state index < -0.39 is 0 Å². The molecule has 1 aliphatic heterocycles. The quantitative estimate of drug-likeness (QED) is 0.786. The number of hydrogen-bond acceptors (Lipinski definition) is 4. The highest BCUT2D eigenvalue weighted by molar-refractivity contribution is 6.30. The van der Waals surface area contributed by atoms with Gasteiger partial charge in [-0.1, -0.05) is 36.7 Å². The fourth-order valence-electron chi connectivity index (χ4n) is 3.16. The largest absolute Gasteiger partial charge is 0.454 e. The molecule has 0 bridgehead atoms. The molecule has 0 saturated carbocycles. The van der Waals surface area contributed by atoms with Crippen LogP contribution in [0.5, 0.6) is 11.5 Å². The monoisotopic (exact) mass is 388 g/mol. The third-order valence-corrected chi connectivity index (χ3v) is 5.03. The van der Waals surface area contributed by atoms with Crippen molar-refractivity contribution in [3.63, 3.8) is 0 Å². The fraction of sp³-hybridized carbons (Fsp3) is 0.381. The summed E-state index contributed by atoms with van der Waals surface area (Å²) in [4.78, 5) is 14.6. The maximum atomic E-state index is 12.6. The van der Waals surface area contributed by atoms with E-state index in [1.807, 2.05) is 63.5 Å². The molecule has 2 aromatic rings. The van der Waals surface area contributed by atoms with Gasteiger partial charge in [0.25, 0.3) is 0 Å². The molecule has 2 atom stereocenters. The van der Waals surface area contributed by atoms with Crippen LogP contribution in [-0.2, 0) is 11.2 Å². The van der Waals surface area contributed by atoms with E-state index in [9.17, 15) is 4.79 Å². The van der Waals surface area contributed by atoms with Gasteiger partial charge in [-0.2, -0.15) is 0 Å². The Bertz CT molecular complexity index is 793. The van der Waals surface area contributed by atoms with Gasteiger partial charge in [0, 0.05) is 17.5 Å². The van der Waals surface area contributed by atoms with Gasteiger partial charge in [0.05, 0.1) is 6.04 Å². The third-order valence-electron chi connectivity index (χ3n) is 4.78. The van der Waals surface area contributed by atoms with E-state index in [4.69, 9.17) is 21.1 Å². The number of benzene rings is 2. The van der Waals surface area contributed by atoms with E-state index in [2.05, 4.69) is 10.2 Å². The number of carbonyl (C=O) groups excluding carboxylic acids is 1. The number of hydrogen-bond donors (Lipinski definition) is 1. The van der Waals surface area contributed by atoms with Crippen LogP contribution in [-0.4, -0.2) is 38.2 Å². The van der Waals surface area contributed by atoms with Crippen LogP contribution >= 0.6 is 11.6 Å². The highest BCUT2D eigenvalue weighted by Crippen LogP contribution is 2.35. The second kappa shape index (κ2) is 8.63. The summed E-state index contributed by atoms with van der Waals surface area (Å²) >= 11 is 5.92. The van der Waals surface area contributed by atoms with Gasteiger partial charge < -0.3 is 19.7 Å². The standard InChI is InChI=1S/C21H25ClN2O3/c1-14(10-15-4-7-17(22)8-5-15)21(25)23-12-18(24(2)3)16-6-9-19-20(11-16)27-13-26-19/h4-9,11,14,18H,10,12-13H2,1-3H3,(H,23,25). The predicted octanol–water partition coefficient (Wildman–Crippen LogP) is 3.67. The molecular weight excluding hydrogens is 364 g/mol. The molecule has 0 spiro atoms. The van der Waals surface area contributed by atoms with Crippen LogP contribution in [0.25, 0.3) is 0 Å². The normalized spacial score (nSPS) is 14.9. The van der Waals surface area contributed by atoms with Crippen LogP contribution in [0.3, 0.4) is 0 Å². The van der Waals surface area contributed by atoms with E-state index in [0.29, 0.717) is 18.0 Å². The maximum Gasteiger partial charge on any atom is 0.231 e. The molecule has 1 amide bonds. The van der Waals surface area contributed by atoms with Gasteiger partial charge in [0.15, 0.2) is 11.5 Å². The number of likely N-dealkylation sites (N-methyl/N-ethyl adjacent to an activating group) is 1. The number of fused-ring (bicyclic) bond motifs is 1. The topological polar surface area (TPSA) is 50.8 Å². The van der Waals surface area contributed by atoms with Crippen molar-refractivity contribution in [2.45, 2.75) is 19.4 Å². The first-order chi connectivity index (χ1) is 12.9. The van der Waals surface area contributed by atoms with Gasteiger partial charge >= 0.3 is 0 Å². The molecule has 5 nitrogen and oxygen atoms in total. The molecule has 1 heterocycles. The molecule has 0 radical (unpaired) electrons. The van der Waals surface area contributed by atoms with E-state index >= 15 is 0 Å². The minimum Gasteiger partial charge on any atom is -0.454 e. The average molecular weight is 389 g/mol. The first kappa shape index (κ1) is 19.5. The number of nitrogens with zero attached hydrogens (tertiary/aromatic N) is 1. The Balaban J connectivity index is 1.60. The zero-order valence-corrected chi connectivity index (χ0v) is 16.6. The summed E-state index contributed by atoms with van der Waals surface area (Å²) in [6, 6.07) is 13.6. The van der Waals surface area contributed by atoms with Crippen molar-refractivity contribution in [1.29, 1.82) is 0 Å². The second-order valence-electron chi connectivity index (χ2n) is 7.07. The summed E-state index contributed by atoms with van der Waals surface area (Å²) in [5.41, 5.74) is 2.18. The van der Waals surface area contributed by atoms with Crippen molar-refractivity contribution in [2.75, 3.05) is 27.4 Å². The Morgan fingerprint density at radius 1 is 1.15 bits per heavy atom. The molecule has 3 rings (SSSR count). The molecule has 6 heteroatoms. The highest BCUT2D eigenvalue weighted by atomic mass is 35.5. The SMILES string of the molecule is CC(Cc1ccc(Cl)cc1)C(=O)NCC(c1ccc2c(c1)OCO2)N(C)C. The zero-order valence-electron chi connectivity index (χ0n) is 15.9. The molecule has 0 aromatic heterocycles. The number of carbonyl (C=O) groups is 1. The molecular formula is C21H25ClN2O3. The van der Waals surface area contributed by atoms with E-state index in [-0.39, 0.29) is 24.7 Å². The number of ether oxygens (including phenoxy) is 2. The number of amides is 1. The molecule has 144 valence electrons. The Morgan fingerprint density at radius 2 is 1.85 bits per heavy atom. The Labute approximate surface area is 165 Å². The summed E-state index contributed by atoms with van der Waals surface area (Å²) in [7, 11) is 4.00. The van der Waals surface area contributed by atoms with Crippen molar-refractivity contribution < 1.29 is 14.3 Å². The molecule has 0 aliphatic carbocycles. The zero-order chi connectivity index (χ0) is 19.4. The summed E-state index contributed by atoms with van der Waals surface area (Å²) in [5, 5.41) is 3.79. The van der Waals surface area contributed by atoms with Crippen LogP contribution < -0.4 is 14.8 Å². The smallest absolute Gasteiger partial charge is 0.231 e. The van der Waals surface area contributed by atoms with Crippen LogP contribution in [0.1, 0.15) is 24.1 Å². The lowest BCUT2D eigenvalue weighted by atomic mass is 10.00. The van der Waals surface area contributed by atoms with Gasteiger partial charge in [0.1, 0.15) is 0 Å². The maximum absolute atomic E-state index is 12.6. The van der Waals surface area contributed by atoms with Gasteiger partial charge in [0.2, 0.25) is 12.7 Å². The van der Waals surface area contributed by atoms with Crippen LogP contribution in [0.2, 0.25) is 5.02 Å². The van der Waals surface area contributed by atoms with Gasteiger partial charge in [-0.25, -0.2) is 0 Å². The van der Waals surface area contributed by atoms with Gasteiger partial charge in [-0.15, -0.1) is 0 Å². The lowest BCUT2D eigenvalue weighted by molar-refractivity contribution is -0.124. The average Bonchev–Trinajstić information content (AvgIpc) is 3.11. The van der Waals surface area contributed by atoms with Crippen LogP contribution in [0, 0.1) is 5.92 Å². The Kier molecular flexibility index (Phi) is 6.24. The summed E-state index contributed by atoms with van der Waals surface area (Å²) in [6.45, 7) is 2.72. The van der Waals surface area contributed by atoms with Crippen molar-refractivity contribution in [3.8, 4) is 11.5 Å². The molecule has 0 fully saturated rings. The highest BCUT2D eigenvalue weighted by Gasteiger charge is 2.21. The molecule has 1 aliphatic rings. The second-order valence-corrected chi connectivity index (χ2v) is 7.51. The molecule has 0 saturated heterocycles. The fourth-order valence-corrected chi connectivity index (χ4v) is 3.28. The van der Waals surface area contributed by atoms with Gasteiger partial charge in [-0.05, 0) is 55.9 Å². The van der Waals surface area contributed by atoms with Crippen LogP contribution in [0.4, 0.5) is 0 Å². The lowest BCUT2D eigenvalue weighted by Gasteiger charge is -2.26. The minimum absolute atomic E-state index is 0.0394. The number of rotatable bonds is 7. The molecule has 1 N–H and O–H groups in total. The lowest BCUT2D eigenvalue weighted by Crippen LogP contribution is -2.37. The first-order valence-electron chi connectivity index (χ1n) is 9.02. The number of nitrogens with one attached hydrogen (secondary N) is 1. The van der Waals surface area contributed by atoms with Crippen LogP contribution in [0.15, 0.2) is 42.5 Å². The van der Waals surface area contributed by atoms with Crippen molar-refractivity contribution in [2.24, 2.45) is 5.92 Å². The Morgan fingerprint density at radius 3 is 2.56 bits per heavy atom. The van der Waals surface area contributed by atoms with E-state index in [0.717, 1.165) is 22.6 Å². The minimum atomic E-state index is -0.120. The molecule has 2 unspecified atom stereocenters.